The quantitative estimate of drug-likeness (QED) is 0.661. The zero-order chi connectivity index (χ0) is 17.1. The molecule has 0 radical (unpaired) electrons. The molecule has 0 spiro atoms. The number of thioether (sulfide) groups is 1. The van der Waals surface area contributed by atoms with Crippen molar-refractivity contribution in [2.75, 3.05) is 11.6 Å². The molecular weight excluding hydrogens is 395 g/mol. The molecule has 0 aliphatic rings. The molecule has 1 N–H and O–H groups in total. The maximum absolute atomic E-state index is 13.2. The molecular formula is C16H12BrFN4OS. The lowest BCUT2D eigenvalue weighted by atomic mass is 10.3. The van der Waals surface area contributed by atoms with Gasteiger partial charge in [-0.3, -0.25) is 9.36 Å². The molecule has 0 bridgehead atoms. The second-order valence-corrected chi connectivity index (χ2v) is 6.45. The van der Waals surface area contributed by atoms with E-state index in [1.54, 1.807) is 35.0 Å². The van der Waals surface area contributed by atoms with E-state index in [9.17, 15) is 9.18 Å². The van der Waals surface area contributed by atoms with Crippen molar-refractivity contribution in [1.82, 2.24) is 14.5 Å². The van der Waals surface area contributed by atoms with Gasteiger partial charge in [-0.15, -0.1) is 0 Å². The molecule has 3 aromatic rings. The van der Waals surface area contributed by atoms with Crippen LogP contribution in [0.25, 0.3) is 5.69 Å². The van der Waals surface area contributed by atoms with Crippen LogP contribution in [0.4, 0.5) is 10.2 Å². The smallest absolute Gasteiger partial charge is 0.275 e. The van der Waals surface area contributed by atoms with E-state index in [1.807, 2.05) is 6.26 Å². The van der Waals surface area contributed by atoms with Gasteiger partial charge in [0.05, 0.1) is 6.20 Å². The van der Waals surface area contributed by atoms with E-state index in [2.05, 4.69) is 31.2 Å². The van der Waals surface area contributed by atoms with Crippen LogP contribution >= 0.6 is 27.7 Å². The Bertz CT molecular complexity index is 865. The minimum absolute atomic E-state index is 0.338. The average molecular weight is 407 g/mol. The first-order chi connectivity index (χ1) is 11.6. The number of benzene rings is 1. The second-order valence-electron chi connectivity index (χ2n) is 4.76. The molecule has 0 aliphatic heterocycles. The van der Waals surface area contributed by atoms with Crippen LogP contribution < -0.4 is 5.32 Å². The molecule has 3 rings (SSSR count). The summed E-state index contributed by atoms with van der Waals surface area (Å²) in [6.07, 6.45) is 4.95. The van der Waals surface area contributed by atoms with E-state index in [4.69, 9.17) is 0 Å². The molecule has 122 valence electrons. The van der Waals surface area contributed by atoms with Crippen LogP contribution in [0.3, 0.4) is 0 Å². The number of aromatic nitrogens is 3. The number of nitrogens with zero attached hydrogens (tertiary/aromatic N) is 3. The first-order valence-corrected chi connectivity index (χ1v) is 8.91. The Balaban J connectivity index is 1.95. The van der Waals surface area contributed by atoms with E-state index in [-0.39, 0.29) is 11.7 Å². The highest BCUT2D eigenvalue weighted by Crippen LogP contribution is 2.22. The van der Waals surface area contributed by atoms with Gasteiger partial charge in [-0.25, -0.2) is 14.4 Å². The molecule has 0 aliphatic carbocycles. The highest BCUT2D eigenvalue weighted by Gasteiger charge is 2.18. The maximum Gasteiger partial charge on any atom is 0.275 e. The normalized spacial score (nSPS) is 10.6. The molecule has 0 atom stereocenters. The second kappa shape index (κ2) is 7.14. The summed E-state index contributed by atoms with van der Waals surface area (Å²) in [4.78, 5) is 21.0. The molecule has 1 aromatic carbocycles. The van der Waals surface area contributed by atoms with E-state index < -0.39 is 0 Å². The fourth-order valence-corrected chi connectivity index (χ4v) is 2.89. The van der Waals surface area contributed by atoms with Gasteiger partial charge in [-0.2, -0.15) is 0 Å². The number of halogens is 2. The first-order valence-electron chi connectivity index (χ1n) is 6.89. The van der Waals surface area contributed by atoms with Crippen molar-refractivity contribution in [3.8, 4) is 5.69 Å². The fraction of sp³-hybridized carbons (Fsp3) is 0.0625. The minimum Gasteiger partial charge on any atom is -0.305 e. The van der Waals surface area contributed by atoms with Crippen molar-refractivity contribution in [2.24, 2.45) is 0 Å². The summed E-state index contributed by atoms with van der Waals surface area (Å²) in [6.45, 7) is 0. The van der Waals surface area contributed by atoms with E-state index in [0.29, 0.717) is 22.4 Å². The van der Waals surface area contributed by atoms with Gasteiger partial charge in [0.15, 0.2) is 5.16 Å². The topological polar surface area (TPSA) is 59.8 Å². The van der Waals surface area contributed by atoms with Crippen LogP contribution in [-0.2, 0) is 0 Å². The third-order valence-electron chi connectivity index (χ3n) is 3.20. The Morgan fingerprint density at radius 1 is 1.17 bits per heavy atom. The summed E-state index contributed by atoms with van der Waals surface area (Å²) in [5.41, 5.74) is 1.00. The van der Waals surface area contributed by atoms with Crippen LogP contribution in [0.1, 0.15) is 10.5 Å². The summed E-state index contributed by atoms with van der Waals surface area (Å²) >= 11 is 4.69. The Morgan fingerprint density at radius 2 is 1.92 bits per heavy atom. The maximum atomic E-state index is 13.2. The molecule has 1 amide bonds. The van der Waals surface area contributed by atoms with Crippen molar-refractivity contribution in [1.29, 1.82) is 0 Å². The van der Waals surface area contributed by atoms with Crippen molar-refractivity contribution < 1.29 is 9.18 Å². The van der Waals surface area contributed by atoms with Crippen LogP contribution in [0.15, 0.2) is 58.4 Å². The highest BCUT2D eigenvalue weighted by atomic mass is 79.9. The predicted molar refractivity (Wildman–Crippen MR) is 95.2 cm³/mol. The molecule has 0 saturated carbocycles. The van der Waals surface area contributed by atoms with Gasteiger partial charge >= 0.3 is 0 Å². The molecule has 0 saturated heterocycles. The van der Waals surface area contributed by atoms with Crippen molar-refractivity contribution >= 4 is 39.4 Å². The number of hydrogen-bond donors (Lipinski definition) is 1. The van der Waals surface area contributed by atoms with Crippen molar-refractivity contribution in [3.63, 3.8) is 0 Å². The lowest BCUT2D eigenvalue weighted by molar-refractivity contribution is 0.101. The number of rotatable bonds is 4. The standard InChI is InChI=1S/C16H12BrFN4OS/c1-24-16-20-9-13(22(16)12-5-3-11(18)4-6-12)15(23)21-14-7-2-10(17)8-19-14/h2-9H,1H3,(H,19,21,23). The molecule has 0 fully saturated rings. The zero-order valence-corrected chi connectivity index (χ0v) is 14.9. The lowest BCUT2D eigenvalue weighted by Gasteiger charge is -2.11. The first kappa shape index (κ1) is 16.7. The molecule has 24 heavy (non-hydrogen) atoms. The molecule has 8 heteroatoms. The number of carbonyl (C=O) groups excluding carboxylic acids is 1. The SMILES string of the molecule is CSc1ncc(C(=O)Nc2ccc(Br)cn2)n1-c1ccc(F)cc1. The van der Waals surface area contributed by atoms with Gasteiger partial charge in [0.25, 0.3) is 5.91 Å². The Hall–Kier alpha value is -2.19. The number of hydrogen-bond acceptors (Lipinski definition) is 4. The molecule has 2 heterocycles. The van der Waals surface area contributed by atoms with E-state index in [0.717, 1.165) is 4.47 Å². The monoisotopic (exact) mass is 406 g/mol. The average Bonchev–Trinajstić information content (AvgIpc) is 3.02. The number of carbonyl (C=O) groups is 1. The van der Waals surface area contributed by atoms with Crippen LogP contribution in [-0.4, -0.2) is 26.7 Å². The molecule has 5 nitrogen and oxygen atoms in total. The predicted octanol–water partition coefficient (Wildman–Crippen LogP) is 4.14. The number of nitrogens with one attached hydrogen (secondary N) is 1. The summed E-state index contributed by atoms with van der Waals surface area (Å²) in [6, 6.07) is 9.37. The molecule has 0 unspecified atom stereocenters. The number of anilines is 1. The summed E-state index contributed by atoms with van der Waals surface area (Å²) in [5.74, 6) is -0.252. The summed E-state index contributed by atoms with van der Waals surface area (Å²) in [7, 11) is 0. The number of amides is 1. The third kappa shape index (κ3) is 3.49. The van der Waals surface area contributed by atoms with Crippen molar-refractivity contribution in [2.45, 2.75) is 5.16 Å². The Morgan fingerprint density at radius 3 is 2.54 bits per heavy atom. The van der Waals surface area contributed by atoms with E-state index >= 15 is 0 Å². The van der Waals surface area contributed by atoms with E-state index in [1.165, 1.54) is 30.1 Å². The van der Waals surface area contributed by atoms with Gasteiger partial charge in [-0.1, -0.05) is 11.8 Å². The largest absolute Gasteiger partial charge is 0.305 e. The molecule has 2 aromatic heterocycles. The van der Waals surface area contributed by atoms with Gasteiger partial charge < -0.3 is 5.32 Å². The lowest BCUT2D eigenvalue weighted by Crippen LogP contribution is -2.17. The minimum atomic E-state index is -0.345. The summed E-state index contributed by atoms with van der Waals surface area (Å²) in [5, 5.41) is 3.36. The number of pyridine rings is 1. The highest BCUT2D eigenvalue weighted by molar-refractivity contribution is 9.10. The third-order valence-corrected chi connectivity index (χ3v) is 4.32. The fourth-order valence-electron chi connectivity index (χ4n) is 2.11. The van der Waals surface area contributed by atoms with Crippen LogP contribution in [0, 0.1) is 5.82 Å². The summed E-state index contributed by atoms with van der Waals surface area (Å²) < 4.78 is 15.7. The van der Waals surface area contributed by atoms with Crippen molar-refractivity contribution in [3.05, 3.63) is 64.8 Å². The zero-order valence-electron chi connectivity index (χ0n) is 12.5. The van der Waals surface area contributed by atoms with Gasteiger partial charge in [0.1, 0.15) is 17.3 Å². The van der Waals surface area contributed by atoms with Crippen LogP contribution in [0.2, 0.25) is 0 Å². The van der Waals surface area contributed by atoms with Gasteiger partial charge in [0.2, 0.25) is 0 Å². The number of imidazole rings is 1. The van der Waals surface area contributed by atoms with Crippen LogP contribution in [0.5, 0.6) is 0 Å². The van der Waals surface area contributed by atoms with Gasteiger partial charge in [0, 0.05) is 16.4 Å². The Labute approximate surface area is 150 Å². The Kier molecular flexibility index (Phi) is 4.96. The van der Waals surface area contributed by atoms with Gasteiger partial charge in [-0.05, 0) is 58.6 Å².